The maximum atomic E-state index is 13.8. The summed E-state index contributed by atoms with van der Waals surface area (Å²) in [7, 11) is 0. The summed E-state index contributed by atoms with van der Waals surface area (Å²) in [4.78, 5) is 2.31. The Morgan fingerprint density at radius 2 is 2.21 bits per heavy atom. The molecule has 1 atom stereocenters. The summed E-state index contributed by atoms with van der Waals surface area (Å²) in [6.07, 6.45) is 3.04. The summed E-state index contributed by atoms with van der Waals surface area (Å²) in [6.45, 7) is 0. The zero-order chi connectivity index (χ0) is 13.4. The minimum atomic E-state index is -0.649. The molecule has 4 heteroatoms. The number of aryl methyl sites for hydroxylation is 2. The second-order valence-electron chi connectivity index (χ2n) is 4.88. The standard InChI is InChI=1S/C15H14ClFOS/c16-11-5-1-4-10(15(11)17)7-12(18)14-8-9-3-2-6-13(9)19-14/h1,4-5,8,12,18H,2-3,6-7H2. The summed E-state index contributed by atoms with van der Waals surface area (Å²) in [6, 6.07) is 6.97. The van der Waals surface area contributed by atoms with Gasteiger partial charge >= 0.3 is 0 Å². The van der Waals surface area contributed by atoms with E-state index < -0.39 is 11.9 Å². The fraction of sp³-hybridized carbons (Fsp3) is 0.333. The monoisotopic (exact) mass is 296 g/mol. The molecule has 0 saturated heterocycles. The van der Waals surface area contributed by atoms with Gasteiger partial charge in [0.2, 0.25) is 0 Å². The van der Waals surface area contributed by atoms with Crippen molar-refractivity contribution in [2.75, 3.05) is 0 Å². The highest BCUT2D eigenvalue weighted by Crippen LogP contribution is 2.35. The molecule has 1 unspecified atom stereocenters. The Bertz CT molecular complexity index is 587. The van der Waals surface area contributed by atoms with E-state index in [9.17, 15) is 9.50 Å². The molecule has 0 aliphatic heterocycles. The summed E-state index contributed by atoms with van der Waals surface area (Å²) < 4.78 is 13.8. The summed E-state index contributed by atoms with van der Waals surface area (Å²) >= 11 is 7.40. The van der Waals surface area contributed by atoms with E-state index >= 15 is 0 Å². The highest BCUT2D eigenvalue weighted by Gasteiger charge is 2.20. The molecule has 0 saturated carbocycles. The van der Waals surface area contributed by atoms with Gasteiger partial charge in [-0.1, -0.05) is 23.7 Å². The highest BCUT2D eigenvalue weighted by atomic mass is 35.5. The van der Waals surface area contributed by atoms with Gasteiger partial charge in [0, 0.05) is 16.2 Å². The molecule has 1 aliphatic carbocycles. The van der Waals surface area contributed by atoms with Crippen molar-refractivity contribution in [1.29, 1.82) is 0 Å². The van der Waals surface area contributed by atoms with Crippen LogP contribution in [0.5, 0.6) is 0 Å². The number of hydrogen-bond acceptors (Lipinski definition) is 2. The van der Waals surface area contributed by atoms with Crippen molar-refractivity contribution in [3.8, 4) is 0 Å². The van der Waals surface area contributed by atoms with Crippen LogP contribution in [0.25, 0.3) is 0 Å². The van der Waals surface area contributed by atoms with Crippen molar-refractivity contribution in [2.24, 2.45) is 0 Å². The van der Waals surface area contributed by atoms with Crippen molar-refractivity contribution in [3.05, 3.63) is 56.0 Å². The van der Waals surface area contributed by atoms with E-state index in [1.807, 2.05) is 0 Å². The van der Waals surface area contributed by atoms with Crippen LogP contribution in [0, 0.1) is 5.82 Å². The first-order valence-corrected chi connectivity index (χ1v) is 7.57. The van der Waals surface area contributed by atoms with Crippen molar-refractivity contribution in [3.63, 3.8) is 0 Å². The van der Waals surface area contributed by atoms with Crippen LogP contribution < -0.4 is 0 Å². The molecule has 0 radical (unpaired) electrons. The zero-order valence-electron chi connectivity index (χ0n) is 10.3. The van der Waals surface area contributed by atoms with Crippen LogP contribution in [-0.2, 0) is 19.3 Å². The predicted octanol–water partition coefficient (Wildman–Crippen LogP) is 4.31. The number of hydrogen-bond donors (Lipinski definition) is 1. The van der Waals surface area contributed by atoms with Gasteiger partial charge in [0.1, 0.15) is 5.82 Å². The molecule has 3 rings (SSSR count). The average Bonchev–Trinajstić information content (AvgIpc) is 2.95. The minimum absolute atomic E-state index is 0.110. The molecule has 0 bridgehead atoms. The Labute approximate surface area is 120 Å². The Morgan fingerprint density at radius 3 is 3.00 bits per heavy atom. The smallest absolute Gasteiger partial charge is 0.145 e. The van der Waals surface area contributed by atoms with Crippen LogP contribution in [0.4, 0.5) is 4.39 Å². The SMILES string of the molecule is OC(Cc1cccc(Cl)c1F)c1cc2c(s1)CCC2. The highest BCUT2D eigenvalue weighted by molar-refractivity contribution is 7.12. The molecule has 1 nitrogen and oxygen atoms in total. The molecule has 0 spiro atoms. The first kappa shape index (κ1) is 13.1. The summed E-state index contributed by atoms with van der Waals surface area (Å²) in [5.41, 5.74) is 1.82. The normalized spacial score (nSPS) is 15.5. The third-order valence-electron chi connectivity index (χ3n) is 3.54. The maximum absolute atomic E-state index is 13.8. The molecule has 2 aromatic rings. The third kappa shape index (κ3) is 2.55. The van der Waals surface area contributed by atoms with Crippen LogP contribution in [0.15, 0.2) is 24.3 Å². The number of aliphatic hydroxyl groups excluding tert-OH is 1. The third-order valence-corrected chi connectivity index (χ3v) is 5.17. The fourth-order valence-electron chi connectivity index (χ4n) is 2.53. The zero-order valence-corrected chi connectivity index (χ0v) is 11.9. The fourth-order valence-corrected chi connectivity index (χ4v) is 3.97. The maximum Gasteiger partial charge on any atom is 0.145 e. The van der Waals surface area contributed by atoms with Gasteiger partial charge < -0.3 is 5.11 Å². The molecule has 0 fully saturated rings. The van der Waals surface area contributed by atoms with Crippen molar-refractivity contribution >= 4 is 22.9 Å². The Morgan fingerprint density at radius 1 is 1.37 bits per heavy atom. The van der Waals surface area contributed by atoms with Gasteiger partial charge in [-0.05, 0) is 42.5 Å². The molecule has 1 aromatic carbocycles. The molecule has 100 valence electrons. The van der Waals surface area contributed by atoms with Crippen LogP contribution >= 0.6 is 22.9 Å². The van der Waals surface area contributed by atoms with Gasteiger partial charge in [0.25, 0.3) is 0 Å². The van der Waals surface area contributed by atoms with E-state index in [0.29, 0.717) is 5.56 Å². The number of fused-ring (bicyclic) bond motifs is 1. The molecule has 1 aromatic heterocycles. The van der Waals surface area contributed by atoms with Crippen molar-refractivity contribution in [2.45, 2.75) is 31.8 Å². The molecule has 19 heavy (non-hydrogen) atoms. The number of rotatable bonds is 3. The van der Waals surface area contributed by atoms with E-state index in [-0.39, 0.29) is 11.4 Å². The first-order valence-electron chi connectivity index (χ1n) is 6.37. The van der Waals surface area contributed by atoms with Crippen molar-refractivity contribution in [1.82, 2.24) is 0 Å². The molecule has 1 N–H and O–H groups in total. The first-order chi connectivity index (χ1) is 9.15. The predicted molar refractivity (Wildman–Crippen MR) is 76.4 cm³/mol. The lowest BCUT2D eigenvalue weighted by Crippen LogP contribution is -2.02. The van der Waals surface area contributed by atoms with E-state index in [1.165, 1.54) is 22.9 Å². The molecule has 1 heterocycles. The van der Waals surface area contributed by atoms with Gasteiger partial charge in [0.15, 0.2) is 0 Å². The Balaban J connectivity index is 1.80. The van der Waals surface area contributed by atoms with Crippen LogP contribution in [0.2, 0.25) is 5.02 Å². The number of benzene rings is 1. The molecule has 0 amide bonds. The lowest BCUT2D eigenvalue weighted by molar-refractivity contribution is 0.181. The number of halogens is 2. The lowest BCUT2D eigenvalue weighted by atomic mass is 10.1. The second-order valence-corrected chi connectivity index (χ2v) is 6.46. The van der Waals surface area contributed by atoms with Gasteiger partial charge in [-0.15, -0.1) is 11.3 Å². The van der Waals surface area contributed by atoms with Gasteiger partial charge in [-0.3, -0.25) is 0 Å². The average molecular weight is 297 g/mol. The minimum Gasteiger partial charge on any atom is -0.387 e. The van der Waals surface area contributed by atoms with E-state index in [1.54, 1.807) is 23.5 Å². The Hall–Kier alpha value is -0.900. The molecular weight excluding hydrogens is 283 g/mol. The number of aliphatic hydroxyl groups is 1. The van der Waals surface area contributed by atoms with E-state index in [2.05, 4.69) is 6.07 Å². The Kier molecular flexibility index (Phi) is 3.61. The topological polar surface area (TPSA) is 20.2 Å². The lowest BCUT2D eigenvalue weighted by Gasteiger charge is -2.10. The van der Waals surface area contributed by atoms with E-state index in [0.717, 1.165) is 17.7 Å². The van der Waals surface area contributed by atoms with Crippen LogP contribution in [-0.4, -0.2) is 5.11 Å². The summed E-state index contributed by atoms with van der Waals surface area (Å²) in [5, 5.41) is 10.4. The molecular formula is C15H14ClFOS. The van der Waals surface area contributed by atoms with Crippen molar-refractivity contribution < 1.29 is 9.50 Å². The largest absolute Gasteiger partial charge is 0.387 e. The van der Waals surface area contributed by atoms with Gasteiger partial charge in [0.05, 0.1) is 11.1 Å². The van der Waals surface area contributed by atoms with Gasteiger partial charge in [-0.25, -0.2) is 4.39 Å². The number of thiophene rings is 1. The van der Waals surface area contributed by atoms with Crippen LogP contribution in [0.1, 0.15) is 33.4 Å². The molecule has 1 aliphatic rings. The summed E-state index contributed by atoms with van der Waals surface area (Å²) in [5.74, 6) is -0.424. The van der Waals surface area contributed by atoms with Gasteiger partial charge in [-0.2, -0.15) is 0 Å². The quantitative estimate of drug-likeness (QED) is 0.895. The second kappa shape index (κ2) is 5.23. The van der Waals surface area contributed by atoms with E-state index in [4.69, 9.17) is 11.6 Å². The van der Waals surface area contributed by atoms with Crippen LogP contribution in [0.3, 0.4) is 0 Å².